The van der Waals surface area contributed by atoms with Gasteiger partial charge in [0.15, 0.2) is 0 Å². The zero-order valence-corrected chi connectivity index (χ0v) is 10.3. The molecule has 3 aromatic rings. The van der Waals surface area contributed by atoms with Gasteiger partial charge in [-0.1, -0.05) is 27.8 Å². The maximum atomic E-state index is 3.98. The van der Waals surface area contributed by atoms with Gasteiger partial charge in [-0.25, -0.2) is 0 Å². The number of rotatable bonds is 2. The first-order valence-corrected chi connectivity index (χ1v) is 5.97. The number of aryl methyl sites for hydroxylation is 1. The van der Waals surface area contributed by atoms with E-state index in [2.05, 4.69) is 37.7 Å². The molecule has 0 fully saturated rings. The minimum absolute atomic E-state index is 0.793. The summed E-state index contributed by atoms with van der Waals surface area (Å²) < 4.78 is 5.89. The van der Waals surface area contributed by atoms with Gasteiger partial charge in [-0.3, -0.25) is 0 Å². The van der Waals surface area contributed by atoms with Crippen LogP contribution < -0.4 is 4.90 Å². The van der Waals surface area contributed by atoms with Crippen molar-refractivity contribution in [2.75, 3.05) is 11.9 Å². The van der Waals surface area contributed by atoms with Gasteiger partial charge < -0.3 is 9.47 Å². The van der Waals surface area contributed by atoms with E-state index in [0.717, 1.165) is 10.8 Å². The molecule has 0 radical (unpaired) electrons. The fourth-order valence-electron chi connectivity index (χ4n) is 1.95. The van der Waals surface area contributed by atoms with Crippen molar-refractivity contribution in [1.29, 1.82) is 0 Å². The molecule has 2 heterocycles. The van der Waals surface area contributed by atoms with Crippen LogP contribution in [0, 0.1) is 0 Å². The third-order valence-electron chi connectivity index (χ3n) is 2.81. The van der Waals surface area contributed by atoms with Crippen LogP contribution in [-0.2, 0) is 7.05 Å². The molecule has 86 valence electrons. The van der Waals surface area contributed by atoms with Crippen LogP contribution in [-0.4, -0.2) is 26.4 Å². The fourth-order valence-corrected chi connectivity index (χ4v) is 2.39. The van der Waals surface area contributed by atoms with E-state index >= 15 is 0 Å². The molecule has 2 aromatic heterocycles. The molecule has 0 spiro atoms. The predicted octanol–water partition coefficient (Wildman–Crippen LogP) is 2.19. The Morgan fingerprint density at radius 3 is 2.88 bits per heavy atom. The van der Waals surface area contributed by atoms with Crippen molar-refractivity contribution in [1.82, 2.24) is 19.4 Å². The molecule has 5 nitrogen and oxygen atoms in total. The maximum absolute atomic E-state index is 3.98. The van der Waals surface area contributed by atoms with Crippen molar-refractivity contribution in [3.63, 3.8) is 0 Å². The van der Waals surface area contributed by atoms with Gasteiger partial charge in [-0.15, -0.1) is 0 Å². The number of benzene rings is 1. The lowest BCUT2D eigenvalue weighted by atomic mass is 10.2. The summed E-state index contributed by atoms with van der Waals surface area (Å²) in [7, 11) is 4.02. The Labute approximate surface area is 102 Å². The molecule has 0 bridgehead atoms. The summed E-state index contributed by atoms with van der Waals surface area (Å²) in [6.45, 7) is 0. The molecule has 0 aliphatic rings. The van der Waals surface area contributed by atoms with Crippen molar-refractivity contribution >= 4 is 33.3 Å². The first-order chi connectivity index (χ1) is 8.27. The maximum Gasteiger partial charge on any atom is 0.232 e. The largest absolute Gasteiger partial charge is 0.348 e. The molecule has 0 aliphatic heterocycles. The van der Waals surface area contributed by atoms with Gasteiger partial charge in [0, 0.05) is 42.7 Å². The number of nitrogens with zero attached hydrogens (tertiary/aromatic N) is 5. The van der Waals surface area contributed by atoms with Crippen molar-refractivity contribution in [2.45, 2.75) is 0 Å². The van der Waals surface area contributed by atoms with E-state index in [1.54, 1.807) is 0 Å². The minimum Gasteiger partial charge on any atom is -0.348 e. The van der Waals surface area contributed by atoms with Gasteiger partial charge in [0.1, 0.15) is 0 Å². The number of fused-ring (bicyclic) bond motifs is 1. The lowest BCUT2D eigenvalue weighted by molar-refractivity contribution is 0.939. The number of para-hydroxylation sites is 1. The topological polar surface area (TPSA) is 46.8 Å². The lowest BCUT2D eigenvalue weighted by Crippen LogP contribution is -2.08. The Morgan fingerprint density at radius 2 is 2.12 bits per heavy atom. The van der Waals surface area contributed by atoms with Gasteiger partial charge in [0.2, 0.25) is 5.13 Å². The monoisotopic (exact) mass is 245 g/mol. The molecule has 17 heavy (non-hydrogen) atoms. The fraction of sp³-hybridized carbons (Fsp3) is 0.182. The number of hydrogen-bond donors (Lipinski definition) is 0. The zero-order chi connectivity index (χ0) is 11.8. The second-order valence-corrected chi connectivity index (χ2v) is 4.56. The summed E-state index contributed by atoms with van der Waals surface area (Å²) >= 11 is 1.29. The molecular weight excluding hydrogens is 234 g/mol. The van der Waals surface area contributed by atoms with E-state index in [4.69, 9.17) is 0 Å². The average Bonchev–Trinajstić information content (AvgIpc) is 2.97. The Kier molecular flexibility index (Phi) is 2.29. The molecule has 0 aliphatic carbocycles. The molecule has 0 saturated carbocycles. The Morgan fingerprint density at radius 1 is 1.29 bits per heavy atom. The SMILES string of the molecule is CN(c1nnns1)c1cn(C)c2ccccc12. The highest BCUT2D eigenvalue weighted by Crippen LogP contribution is 2.32. The van der Waals surface area contributed by atoms with E-state index in [1.165, 1.54) is 22.4 Å². The van der Waals surface area contributed by atoms with Crippen LogP contribution in [0.2, 0.25) is 0 Å². The van der Waals surface area contributed by atoms with Gasteiger partial charge in [0.25, 0.3) is 0 Å². The molecule has 0 atom stereocenters. The van der Waals surface area contributed by atoms with E-state index in [0.29, 0.717) is 0 Å². The molecule has 0 unspecified atom stereocenters. The normalized spacial score (nSPS) is 10.9. The van der Waals surface area contributed by atoms with Gasteiger partial charge in [-0.2, -0.15) is 0 Å². The predicted molar refractivity (Wildman–Crippen MR) is 68.7 cm³/mol. The zero-order valence-electron chi connectivity index (χ0n) is 9.53. The summed E-state index contributed by atoms with van der Waals surface area (Å²) in [6.07, 6.45) is 2.09. The molecule has 0 amide bonds. The second kappa shape index (κ2) is 3.81. The van der Waals surface area contributed by atoms with Crippen molar-refractivity contribution in [3.8, 4) is 0 Å². The third kappa shape index (κ3) is 1.57. The molecule has 0 N–H and O–H groups in total. The highest BCUT2D eigenvalue weighted by Gasteiger charge is 2.13. The second-order valence-electron chi connectivity index (χ2n) is 3.85. The van der Waals surface area contributed by atoms with E-state index < -0.39 is 0 Å². The average molecular weight is 245 g/mol. The third-order valence-corrected chi connectivity index (χ3v) is 3.49. The first-order valence-electron chi connectivity index (χ1n) is 5.20. The van der Waals surface area contributed by atoms with Gasteiger partial charge in [0.05, 0.1) is 5.69 Å². The van der Waals surface area contributed by atoms with Crippen LogP contribution in [0.1, 0.15) is 0 Å². The molecule has 3 rings (SSSR count). The first kappa shape index (κ1) is 10.2. The Hall–Kier alpha value is -1.95. The summed E-state index contributed by atoms with van der Waals surface area (Å²) in [4.78, 5) is 2.01. The van der Waals surface area contributed by atoms with Crippen LogP contribution in [0.15, 0.2) is 30.5 Å². The summed E-state index contributed by atoms with van der Waals surface area (Å²) in [5.74, 6) is 0. The highest BCUT2D eigenvalue weighted by atomic mass is 32.1. The molecule has 6 heteroatoms. The number of aromatic nitrogens is 4. The van der Waals surface area contributed by atoms with E-state index in [9.17, 15) is 0 Å². The molecular formula is C11H11N5S. The summed E-state index contributed by atoms with van der Waals surface area (Å²) in [5, 5.41) is 9.60. The van der Waals surface area contributed by atoms with Crippen molar-refractivity contribution in [3.05, 3.63) is 30.5 Å². The summed E-state index contributed by atoms with van der Waals surface area (Å²) in [5.41, 5.74) is 2.31. The Bertz CT molecular complexity index is 643. The summed E-state index contributed by atoms with van der Waals surface area (Å²) in [6, 6.07) is 8.29. The van der Waals surface area contributed by atoms with Crippen LogP contribution in [0.3, 0.4) is 0 Å². The molecule has 0 saturated heterocycles. The highest BCUT2D eigenvalue weighted by molar-refractivity contribution is 7.09. The van der Waals surface area contributed by atoms with Gasteiger partial charge in [-0.05, 0) is 11.3 Å². The van der Waals surface area contributed by atoms with E-state index in [-0.39, 0.29) is 0 Å². The van der Waals surface area contributed by atoms with Crippen molar-refractivity contribution in [2.24, 2.45) is 7.05 Å². The van der Waals surface area contributed by atoms with Crippen LogP contribution >= 0.6 is 11.5 Å². The standard InChI is InChI=1S/C11H11N5S/c1-15-7-10(8-5-3-4-6-9(8)15)16(2)11-12-13-14-17-11/h3-7H,1-2H3. The van der Waals surface area contributed by atoms with Crippen LogP contribution in [0.25, 0.3) is 10.9 Å². The van der Waals surface area contributed by atoms with Crippen LogP contribution in [0.5, 0.6) is 0 Å². The minimum atomic E-state index is 0.793. The van der Waals surface area contributed by atoms with Crippen LogP contribution in [0.4, 0.5) is 10.8 Å². The molecule has 1 aromatic carbocycles. The number of anilines is 2. The quantitative estimate of drug-likeness (QED) is 0.694. The number of hydrogen-bond acceptors (Lipinski definition) is 5. The Balaban J connectivity index is 2.18. The smallest absolute Gasteiger partial charge is 0.232 e. The van der Waals surface area contributed by atoms with E-state index in [1.807, 2.05) is 31.1 Å². The van der Waals surface area contributed by atoms with Crippen molar-refractivity contribution < 1.29 is 0 Å². The van der Waals surface area contributed by atoms with Gasteiger partial charge >= 0.3 is 0 Å². The lowest BCUT2D eigenvalue weighted by Gasteiger charge is -2.12.